The van der Waals surface area contributed by atoms with E-state index in [1.807, 2.05) is 91.0 Å². The molecule has 3 aromatic rings. The van der Waals surface area contributed by atoms with Crippen molar-refractivity contribution in [3.05, 3.63) is 114 Å². The minimum absolute atomic E-state index is 0.191. The summed E-state index contributed by atoms with van der Waals surface area (Å²) >= 11 is 0. The zero-order chi connectivity index (χ0) is 27.0. The quantitative estimate of drug-likeness (QED) is 0.346. The fraction of sp³-hybridized carbons (Fsp3) is 0.290. The molecule has 0 spiro atoms. The second-order valence-electron chi connectivity index (χ2n) is 9.39. The number of carbonyl (C=O) groups is 2. The fourth-order valence-corrected chi connectivity index (χ4v) is 4.68. The Hall–Kier alpha value is -3.82. The van der Waals surface area contributed by atoms with Gasteiger partial charge in [0.05, 0.1) is 13.2 Å². The first kappa shape index (κ1) is 26.8. The summed E-state index contributed by atoms with van der Waals surface area (Å²) < 4.78 is 30.7. The molecule has 202 valence electrons. The van der Waals surface area contributed by atoms with Crippen molar-refractivity contribution in [2.24, 2.45) is 0 Å². The van der Waals surface area contributed by atoms with E-state index in [4.69, 9.17) is 23.7 Å². The average Bonchev–Trinajstić information content (AvgIpc) is 2.97. The molecule has 39 heavy (non-hydrogen) atoms. The molecule has 8 heteroatoms. The third-order valence-corrected chi connectivity index (χ3v) is 6.50. The number of fused-ring (bicyclic) bond motifs is 1. The van der Waals surface area contributed by atoms with Crippen LogP contribution in [0, 0.1) is 0 Å². The van der Waals surface area contributed by atoms with Gasteiger partial charge in [0.1, 0.15) is 18.2 Å². The van der Waals surface area contributed by atoms with Gasteiger partial charge in [-0.3, -0.25) is 4.79 Å². The highest BCUT2D eigenvalue weighted by molar-refractivity contribution is 5.87. The lowest BCUT2D eigenvalue weighted by molar-refractivity contribution is -0.346. The Bertz CT molecular complexity index is 1250. The van der Waals surface area contributed by atoms with Gasteiger partial charge in [-0.15, -0.1) is 0 Å². The molecule has 1 amide bonds. The van der Waals surface area contributed by atoms with Crippen molar-refractivity contribution in [1.82, 2.24) is 5.32 Å². The number of amides is 1. The predicted molar refractivity (Wildman–Crippen MR) is 143 cm³/mol. The van der Waals surface area contributed by atoms with Gasteiger partial charge in [0, 0.05) is 18.6 Å². The van der Waals surface area contributed by atoms with E-state index in [-0.39, 0.29) is 19.1 Å². The maximum atomic E-state index is 13.0. The van der Waals surface area contributed by atoms with Crippen LogP contribution in [0.1, 0.15) is 29.9 Å². The molecule has 2 saturated heterocycles. The van der Waals surface area contributed by atoms with E-state index in [1.165, 1.54) is 13.0 Å². The normalized spacial score (nSPS) is 26.5. The minimum Gasteiger partial charge on any atom is -0.454 e. The molecule has 6 atom stereocenters. The molecule has 0 unspecified atom stereocenters. The molecule has 0 radical (unpaired) electrons. The summed E-state index contributed by atoms with van der Waals surface area (Å²) in [5.74, 6) is -0.893. The smallest absolute Gasteiger partial charge is 0.331 e. The van der Waals surface area contributed by atoms with Crippen LogP contribution in [0.5, 0.6) is 0 Å². The van der Waals surface area contributed by atoms with Crippen molar-refractivity contribution < 1.29 is 33.3 Å². The zero-order valence-electron chi connectivity index (χ0n) is 21.6. The fourth-order valence-electron chi connectivity index (χ4n) is 4.68. The maximum Gasteiger partial charge on any atom is 0.331 e. The number of benzene rings is 3. The lowest BCUT2D eigenvalue weighted by atomic mass is 9.95. The Morgan fingerprint density at radius 2 is 1.59 bits per heavy atom. The maximum absolute atomic E-state index is 13.0. The van der Waals surface area contributed by atoms with E-state index >= 15 is 0 Å². The standard InChI is InChI=1S/C31H31NO7/c1-21(33)32-27-29(38-26(34)18-17-22-11-5-2-6-12-22)28-25(20-36-30(39-28)24-15-9-4-10-16-24)37-31(27)35-19-23-13-7-3-8-14-23/h2-18,25,27-31H,19-20H2,1H3,(H,32,33)/t25-,27+,28-,29+,30+,31+/m1/s1. The van der Waals surface area contributed by atoms with Crippen molar-refractivity contribution in [2.75, 3.05) is 6.61 Å². The van der Waals surface area contributed by atoms with E-state index < -0.39 is 42.9 Å². The summed E-state index contributed by atoms with van der Waals surface area (Å²) in [6, 6.07) is 27.7. The van der Waals surface area contributed by atoms with Crippen molar-refractivity contribution in [3.63, 3.8) is 0 Å². The van der Waals surface area contributed by atoms with Crippen molar-refractivity contribution >= 4 is 18.0 Å². The number of hydrogen-bond donors (Lipinski definition) is 1. The number of rotatable bonds is 8. The van der Waals surface area contributed by atoms with Gasteiger partial charge < -0.3 is 29.0 Å². The summed E-state index contributed by atoms with van der Waals surface area (Å²) in [4.78, 5) is 25.3. The molecule has 0 saturated carbocycles. The lowest BCUT2D eigenvalue weighted by Gasteiger charge is -2.48. The Morgan fingerprint density at radius 3 is 2.28 bits per heavy atom. The number of ether oxygens (including phenoxy) is 5. The highest BCUT2D eigenvalue weighted by atomic mass is 16.8. The molecule has 0 bridgehead atoms. The summed E-state index contributed by atoms with van der Waals surface area (Å²) in [5.41, 5.74) is 2.61. The molecule has 3 aromatic carbocycles. The topological polar surface area (TPSA) is 92.3 Å². The second kappa shape index (κ2) is 12.8. The van der Waals surface area contributed by atoms with Crippen molar-refractivity contribution in [3.8, 4) is 0 Å². The van der Waals surface area contributed by atoms with Crippen LogP contribution >= 0.6 is 0 Å². The van der Waals surface area contributed by atoms with Crippen molar-refractivity contribution in [1.29, 1.82) is 0 Å². The van der Waals surface area contributed by atoms with E-state index in [1.54, 1.807) is 6.08 Å². The molecule has 5 rings (SSSR count). The van der Waals surface area contributed by atoms with Crippen molar-refractivity contribution in [2.45, 2.75) is 50.5 Å². The summed E-state index contributed by atoms with van der Waals surface area (Å²) in [5, 5.41) is 2.87. The van der Waals surface area contributed by atoms with Crippen LogP contribution in [0.25, 0.3) is 6.08 Å². The average molecular weight is 530 g/mol. The molecular weight excluding hydrogens is 498 g/mol. The first-order valence-corrected chi connectivity index (χ1v) is 12.9. The first-order valence-electron chi connectivity index (χ1n) is 12.9. The van der Waals surface area contributed by atoms with Gasteiger partial charge in [-0.1, -0.05) is 91.0 Å². The monoisotopic (exact) mass is 529 g/mol. The second-order valence-corrected chi connectivity index (χ2v) is 9.39. The van der Waals surface area contributed by atoms with Gasteiger partial charge in [-0.05, 0) is 17.2 Å². The molecule has 2 fully saturated rings. The van der Waals surface area contributed by atoms with E-state index in [0.717, 1.165) is 16.7 Å². The van der Waals surface area contributed by atoms with Crippen LogP contribution in [0.15, 0.2) is 97.1 Å². The summed E-state index contributed by atoms with van der Waals surface area (Å²) in [7, 11) is 0. The van der Waals surface area contributed by atoms with Gasteiger partial charge in [0.2, 0.25) is 5.91 Å². The molecule has 2 aliphatic heterocycles. The zero-order valence-corrected chi connectivity index (χ0v) is 21.6. The molecule has 8 nitrogen and oxygen atoms in total. The van der Waals surface area contributed by atoms with Gasteiger partial charge >= 0.3 is 5.97 Å². The van der Waals surface area contributed by atoms with Gasteiger partial charge in [-0.25, -0.2) is 4.79 Å². The molecule has 0 aliphatic carbocycles. The Balaban J connectivity index is 1.40. The number of carbonyl (C=O) groups excluding carboxylic acids is 2. The largest absolute Gasteiger partial charge is 0.454 e. The highest BCUT2D eigenvalue weighted by Crippen LogP contribution is 2.36. The van der Waals surface area contributed by atoms with Crippen LogP contribution in [-0.2, 0) is 39.9 Å². The van der Waals surface area contributed by atoms with E-state index in [9.17, 15) is 9.59 Å². The number of hydrogen-bond acceptors (Lipinski definition) is 7. The Kier molecular flexibility index (Phi) is 8.80. The van der Waals surface area contributed by atoms with Crippen LogP contribution < -0.4 is 5.32 Å². The van der Waals surface area contributed by atoms with Gasteiger partial charge in [0.25, 0.3) is 0 Å². The van der Waals surface area contributed by atoms with E-state index in [2.05, 4.69) is 5.32 Å². The predicted octanol–water partition coefficient (Wildman–Crippen LogP) is 4.17. The van der Waals surface area contributed by atoms with Crippen LogP contribution in [0.4, 0.5) is 0 Å². The van der Waals surface area contributed by atoms with Crippen LogP contribution in [-0.4, -0.2) is 49.1 Å². The van der Waals surface area contributed by atoms with Gasteiger partial charge in [-0.2, -0.15) is 0 Å². The molecule has 1 N–H and O–H groups in total. The van der Waals surface area contributed by atoms with E-state index in [0.29, 0.717) is 0 Å². The Morgan fingerprint density at radius 1 is 0.923 bits per heavy atom. The minimum atomic E-state index is -0.910. The highest BCUT2D eigenvalue weighted by Gasteiger charge is 2.52. The molecule has 0 aromatic heterocycles. The first-order chi connectivity index (χ1) is 19.1. The van der Waals surface area contributed by atoms with Crippen LogP contribution in [0.2, 0.25) is 0 Å². The molecular formula is C31H31NO7. The third kappa shape index (κ3) is 6.99. The SMILES string of the molecule is CC(=O)N[C@@H]1[C@@H](OCc2ccccc2)O[C@@H]2CO[C@H](c3ccccc3)O[C@H]2[C@H]1OC(=O)C=Cc1ccccc1. The summed E-state index contributed by atoms with van der Waals surface area (Å²) in [6.07, 6.45) is -0.773. The third-order valence-electron chi connectivity index (χ3n) is 6.50. The molecule has 2 aliphatic rings. The summed E-state index contributed by atoms with van der Waals surface area (Å²) in [6.45, 7) is 1.82. The molecule has 2 heterocycles. The Labute approximate surface area is 227 Å². The lowest BCUT2D eigenvalue weighted by Crippen LogP contribution is -2.67. The number of esters is 1. The number of nitrogens with one attached hydrogen (secondary N) is 1. The van der Waals surface area contributed by atoms with Crippen LogP contribution in [0.3, 0.4) is 0 Å². The van der Waals surface area contributed by atoms with Gasteiger partial charge in [0.15, 0.2) is 18.7 Å².